The molecule has 4 aromatic rings. The summed E-state index contributed by atoms with van der Waals surface area (Å²) < 4.78 is 48.1. The van der Waals surface area contributed by atoms with E-state index in [1.165, 1.54) is 24.4 Å². The van der Waals surface area contributed by atoms with E-state index < -0.39 is 17.7 Å². The Morgan fingerprint density at radius 2 is 1.66 bits per heavy atom. The van der Waals surface area contributed by atoms with E-state index in [9.17, 15) is 18.0 Å². The Hall–Kier alpha value is -3.81. The summed E-state index contributed by atoms with van der Waals surface area (Å²) in [5.41, 5.74) is 0.357. The van der Waals surface area contributed by atoms with Crippen molar-refractivity contribution in [3.63, 3.8) is 0 Å². The molecule has 0 saturated heterocycles. The van der Waals surface area contributed by atoms with Gasteiger partial charge in [0.25, 0.3) is 0 Å². The normalized spacial score (nSPS) is 11.4. The van der Waals surface area contributed by atoms with Gasteiger partial charge in [0.1, 0.15) is 11.3 Å². The Bertz CT molecular complexity index is 1220. The van der Waals surface area contributed by atoms with Gasteiger partial charge in [0.15, 0.2) is 5.58 Å². The van der Waals surface area contributed by atoms with Gasteiger partial charge in [0, 0.05) is 17.4 Å². The van der Waals surface area contributed by atoms with Crippen molar-refractivity contribution in [3.8, 4) is 16.9 Å². The van der Waals surface area contributed by atoms with Crippen molar-refractivity contribution in [1.82, 2.24) is 4.98 Å². The molecule has 0 amide bonds. The number of halogens is 3. The first kappa shape index (κ1) is 18.5. The highest BCUT2D eigenvalue weighted by atomic mass is 19.4. The topological polar surface area (TPSA) is 64.4 Å². The first-order valence-corrected chi connectivity index (χ1v) is 8.51. The second-order valence-corrected chi connectivity index (χ2v) is 6.02. The molecule has 0 aliphatic heterocycles. The van der Waals surface area contributed by atoms with Gasteiger partial charge in [0.05, 0.1) is 11.3 Å². The Kier molecular flexibility index (Phi) is 4.67. The highest BCUT2D eigenvalue weighted by Gasteiger charge is 2.33. The molecule has 0 radical (unpaired) electrons. The summed E-state index contributed by atoms with van der Waals surface area (Å²) in [6.45, 7) is 0. The van der Waals surface area contributed by atoms with Crippen molar-refractivity contribution in [2.45, 2.75) is 6.36 Å². The average Bonchev–Trinajstić information content (AvgIpc) is 2.68. The fraction of sp³-hybridized carbons (Fsp3) is 0.0476. The largest absolute Gasteiger partial charge is 0.573 e. The number of rotatable bonds is 4. The zero-order chi connectivity index (χ0) is 20.4. The molecule has 0 spiro atoms. The van der Waals surface area contributed by atoms with Gasteiger partial charge in [-0.15, -0.1) is 13.2 Å². The summed E-state index contributed by atoms with van der Waals surface area (Å²) in [4.78, 5) is 17.0. The number of nitrogens with zero attached hydrogens (tertiary/aromatic N) is 1. The first-order valence-electron chi connectivity index (χ1n) is 8.51. The van der Waals surface area contributed by atoms with E-state index in [0.717, 1.165) is 6.07 Å². The van der Waals surface area contributed by atoms with E-state index in [0.29, 0.717) is 11.2 Å². The Morgan fingerprint density at radius 3 is 2.41 bits per heavy atom. The number of ether oxygens (including phenoxy) is 1. The molecule has 2 aromatic carbocycles. The van der Waals surface area contributed by atoms with Crippen molar-refractivity contribution in [2.24, 2.45) is 0 Å². The number of hydrogen-bond donors (Lipinski definition) is 1. The molecule has 146 valence electrons. The van der Waals surface area contributed by atoms with E-state index in [2.05, 4.69) is 15.0 Å². The summed E-state index contributed by atoms with van der Waals surface area (Å²) >= 11 is 0. The van der Waals surface area contributed by atoms with Gasteiger partial charge in [-0.3, -0.25) is 4.98 Å². The molecular formula is C21H13F3N2O3. The Labute approximate surface area is 162 Å². The van der Waals surface area contributed by atoms with Crippen LogP contribution in [-0.2, 0) is 0 Å². The van der Waals surface area contributed by atoms with Gasteiger partial charge >= 0.3 is 12.0 Å². The third-order valence-corrected chi connectivity index (χ3v) is 4.09. The van der Waals surface area contributed by atoms with E-state index >= 15 is 0 Å². The van der Waals surface area contributed by atoms with Gasteiger partial charge in [-0.25, -0.2) is 4.79 Å². The fourth-order valence-electron chi connectivity index (χ4n) is 2.95. The second-order valence-electron chi connectivity index (χ2n) is 6.02. The molecule has 4 rings (SSSR count). The minimum atomic E-state index is -4.92. The van der Waals surface area contributed by atoms with E-state index in [4.69, 9.17) is 4.42 Å². The molecule has 8 heteroatoms. The third-order valence-electron chi connectivity index (χ3n) is 4.09. The lowest BCUT2D eigenvalue weighted by molar-refractivity contribution is -0.274. The van der Waals surface area contributed by atoms with Crippen LogP contribution < -0.4 is 15.7 Å². The maximum atomic E-state index is 12.9. The van der Waals surface area contributed by atoms with Gasteiger partial charge in [-0.1, -0.05) is 36.4 Å². The molecule has 1 N–H and O–H groups in total. The van der Waals surface area contributed by atoms with Crippen molar-refractivity contribution in [2.75, 3.05) is 5.32 Å². The first-order chi connectivity index (χ1) is 13.9. The van der Waals surface area contributed by atoms with Crippen LogP contribution in [0.1, 0.15) is 0 Å². The minimum Gasteiger partial charge on any atom is -0.420 e. The van der Waals surface area contributed by atoms with Crippen molar-refractivity contribution >= 4 is 22.5 Å². The van der Waals surface area contributed by atoms with Crippen molar-refractivity contribution in [1.29, 1.82) is 0 Å². The highest BCUT2D eigenvalue weighted by molar-refractivity contribution is 5.98. The van der Waals surface area contributed by atoms with Crippen LogP contribution in [0.2, 0.25) is 0 Å². The smallest absolute Gasteiger partial charge is 0.420 e. The zero-order valence-electron chi connectivity index (χ0n) is 14.7. The number of pyridine rings is 1. The molecule has 0 aliphatic carbocycles. The predicted molar refractivity (Wildman–Crippen MR) is 102 cm³/mol. The molecule has 0 atom stereocenters. The standard InChI is InChI=1S/C21H13F3N2O3/c22-21(23,24)29-15-10-5-4-9-14(15)17-19(26-13-7-2-1-3-8-13)18-16(28-20(17)27)11-6-12-25-18/h1-12,26H. The minimum absolute atomic E-state index is 0.0652. The van der Waals surface area contributed by atoms with Crippen LogP contribution in [0, 0.1) is 0 Å². The van der Waals surface area contributed by atoms with Crippen LogP contribution >= 0.6 is 0 Å². The van der Waals surface area contributed by atoms with Crippen LogP contribution in [-0.4, -0.2) is 11.3 Å². The number of alkyl halides is 3. The number of nitrogens with one attached hydrogen (secondary N) is 1. The predicted octanol–water partition coefficient (Wildman–Crippen LogP) is 5.50. The molecule has 0 aliphatic rings. The van der Waals surface area contributed by atoms with Crippen LogP contribution in [0.3, 0.4) is 0 Å². The van der Waals surface area contributed by atoms with E-state index in [1.807, 2.05) is 6.07 Å². The van der Waals surface area contributed by atoms with Crippen LogP contribution in [0.4, 0.5) is 24.5 Å². The van der Waals surface area contributed by atoms with E-state index in [1.54, 1.807) is 36.4 Å². The highest BCUT2D eigenvalue weighted by Crippen LogP contribution is 2.39. The number of anilines is 2. The number of para-hydroxylation sites is 2. The number of fused-ring (bicyclic) bond motifs is 1. The average molecular weight is 398 g/mol. The fourth-order valence-corrected chi connectivity index (χ4v) is 2.95. The SMILES string of the molecule is O=c1oc2cccnc2c(Nc2ccccc2)c1-c1ccccc1OC(F)(F)F. The van der Waals surface area contributed by atoms with Gasteiger partial charge in [-0.05, 0) is 30.3 Å². The summed E-state index contributed by atoms with van der Waals surface area (Å²) in [7, 11) is 0. The maximum Gasteiger partial charge on any atom is 0.573 e. The maximum absolute atomic E-state index is 12.9. The Morgan fingerprint density at radius 1 is 0.931 bits per heavy atom. The zero-order valence-corrected chi connectivity index (χ0v) is 14.7. The lowest BCUT2D eigenvalue weighted by Crippen LogP contribution is -2.18. The lowest BCUT2D eigenvalue weighted by Gasteiger charge is -2.16. The quantitative estimate of drug-likeness (QED) is 0.492. The molecule has 0 unspecified atom stereocenters. The molecule has 29 heavy (non-hydrogen) atoms. The molecule has 0 saturated carbocycles. The van der Waals surface area contributed by atoms with Crippen LogP contribution in [0.25, 0.3) is 22.2 Å². The number of benzene rings is 2. The van der Waals surface area contributed by atoms with Crippen molar-refractivity contribution in [3.05, 3.63) is 83.3 Å². The van der Waals surface area contributed by atoms with E-state index in [-0.39, 0.29) is 22.4 Å². The molecule has 5 nitrogen and oxygen atoms in total. The van der Waals surface area contributed by atoms with Gasteiger partial charge < -0.3 is 14.5 Å². The van der Waals surface area contributed by atoms with Gasteiger partial charge in [-0.2, -0.15) is 0 Å². The lowest BCUT2D eigenvalue weighted by atomic mass is 10.0. The number of hydrogen-bond acceptors (Lipinski definition) is 5. The summed E-state index contributed by atoms with van der Waals surface area (Å²) in [5.74, 6) is -0.515. The summed E-state index contributed by atoms with van der Waals surface area (Å²) in [6.07, 6.45) is -3.42. The number of aromatic nitrogens is 1. The van der Waals surface area contributed by atoms with Crippen LogP contribution in [0.15, 0.2) is 82.1 Å². The van der Waals surface area contributed by atoms with Crippen molar-refractivity contribution < 1.29 is 22.3 Å². The van der Waals surface area contributed by atoms with Crippen LogP contribution in [0.5, 0.6) is 5.75 Å². The molecule has 0 bridgehead atoms. The Balaban J connectivity index is 1.99. The summed E-state index contributed by atoms with van der Waals surface area (Å²) in [5, 5.41) is 3.09. The summed E-state index contributed by atoms with van der Waals surface area (Å²) in [6, 6.07) is 17.4. The third kappa shape index (κ3) is 3.91. The second kappa shape index (κ2) is 7.31. The molecule has 0 fully saturated rings. The molecule has 2 aromatic heterocycles. The van der Waals surface area contributed by atoms with Gasteiger partial charge in [0.2, 0.25) is 0 Å². The molecule has 2 heterocycles. The monoisotopic (exact) mass is 398 g/mol. The molecular weight excluding hydrogens is 385 g/mol.